The van der Waals surface area contributed by atoms with Crippen LogP contribution in [0.15, 0.2) is 24.3 Å². The van der Waals surface area contributed by atoms with Gasteiger partial charge in [-0.05, 0) is 31.5 Å². The summed E-state index contributed by atoms with van der Waals surface area (Å²) in [5, 5.41) is 8.22. The second-order valence-corrected chi connectivity index (χ2v) is 4.00. The van der Waals surface area contributed by atoms with E-state index in [2.05, 4.69) is 30.9 Å². The Morgan fingerprint density at radius 1 is 1.53 bits per heavy atom. The van der Waals surface area contributed by atoms with Crippen LogP contribution in [0.3, 0.4) is 0 Å². The third-order valence-corrected chi connectivity index (χ3v) is 2.50. The lowest BCUT2D eigenvalue weighted by Crippen LogP contribution is -2.29. The van der Waals surface area contributed by atoms with E-state index in [9.17, 15) is 0 Å². The van der Waals surface area contributed by atoms with Crippen LogP contribution in [0.5, 0.6) is 0 Å². The van der Waals surface area contributed by atoms with E-state index >= 15 is 0 Å². The monoisotopic (exact) mass is 222 g/mol. The van der Waals surface area contributed by atoms with E-state index in [0.29, 0.717) is 6.54 Å². The molecule has 0 fully saturated rings. The minimum Gasteiger partial charge on any atom is -0.369 e. The molecule has 0 N–H and O–H groups in total. The van der Waals surface area contributed by atoms with Crippen LogP contribution in [0, 0.1) is 18.3 Å². The van der Waals surface area contributed by atoms with Crippen molar-refractivity contribution >= 4 is 17.3 Å². The molecule has 0 saturated heterocycles. The minimum absolute atomic E-state index is 0.453. The fourth-order valence-electron chi connectivity index (χ4n) is 1.48. The van der Waals surface area contributed by atoms with Gasteiger partial charge in [-0.2, -0.15) is 5.26 Å². The van der Waals surface area contributed by atoms with Crippen molar-refractivity contribution in [2.45, 2.75) is 19.2 Å². The first-order valence-electron chi connectivity index (χ1n) is 5.02. The molecule has 0 saturated carbocycles. The van der Waals surface area contributed by atoms with Crippen LogP contribution in [-0.2, 0) is 0 Å². The van der Waals surface area contributed by atoms with Gasteiger partial charge in [0.2, 0.25) is 0 Å². The highest BCUT2D eigenvalue weighted by Gasteiger charge is 2.10. The summed E-state index contributed by atoms with van der Waals surface area (Å²) in [6, 6.07) is 10.3. The zero-order valence-electron chi connectivity index (χ0n) is 9.07. The molecule has 0 heterocycles. The molecule has 0 aliphatic rings. The van der Waals surface area contributed by atoms with Crippen LogP contribution in [0.2, 0.25) is 0 Å². The Hall–Kier alpha value is -1.20. The van der Waals surface area contributed by atoms with Crippen molar-refractivity contribution in [3.05, 3.63) is 29.8 Å². The molecule has 2 nitrogen and oxygen atoms in total. The molecular formula is C12H15ClN2. The van der Waals surface area contributed by atoms with Gasteiger partial charge in [0.25, 0.3) is 0 Å². The van der Waals surface area contributed by atoms with Gasteiger partial charge in [-0.3, -0.25) is 0 Å². The summed E-state index contributed by atoms with van der Waals surface area (Å²) in [6.07, 6.45) is 0. The summed E-state index contributed by atoms with van der Waals surface area (Å²) in [7, 11) is 0. The van der Waals surface area contributed by atoms with Crippen molar-refractivity contribution in [3.8, 4) is 6.07 Å². The fourth-order valence-corrected chi connectivity index (χ4v) is 1.64. The average Bonchev–Trinajstić information content (AvgIpc) is 2.25. The number of alkyl halides is 1. The highest BCUT2D eigenvalue weighted by atomic mass is 35.5. The SMILES string of the molecule is CCN(CC(Cl)C#N)c1cccc(C)c1. The number of aryl methyl sites for hydroxylation is 1. The molecule has 0 aromatic heterocycles. The molecule has 0 amide bonds. The highest BCUT2D eigenvalue weighted by Crippen LogP contribution is 2.16. The van der Waals surface area contributed by atoms with Gasteiger partial charge >= 0.3 is 0 Å². The van der Waals surface area contributed by atoms with Gasteiger partial charge in [0.15, 0.2) is 0 Å². The van der Waals surface area contributed by atoms with Gasteiger partial charge in [-0.25, -0.2) is 0 Å². The molecule has 0 aliphatic heterocycles. The van der Waals surface area contributed by atoms with E-state index < -0.39 is 5.38 Å². The number of halogens is 1. The first-order chi connectivity index (χ1) is 7.17. The molecule has 0 spiro atoms. The van der Waals surface area contributed by atoms with E-state index in [-0.39, 0.29) is 0 Å². The Labute approximate surface area is 96.1 Å². The van der Waals surface area contributed by atoms with Gasteiger partial charge < -0.3 is 4.90 Å². The van der Waals surface area contributed by atoms with Crippen molar-refractivity contribution < 1.29 is 0 Å². The van der Waals surface area contributed by atoms with Crippen molar-refractivity contribution in [3.63, 3.8) is 0 Å². The molecule has 15 heavy (non-hydrogen) atoms. The molecule has 0 aliphatic carbocycles. The third-order valence-electron chi connectivity index (χ3n) is 2.27. The summed E-state index contributed by atoms with van der Waals surface area (Å²) >= 11 is 5.83. The molecule has 1 aromatic rings. The first kappa shape index (κ1) is 11.9. The number of nitrogens with zero attached hydrogens (tertiary/aromatic N) is 2. The quantitative estimate of drug-likeness (QED) is 0.733. The summed E-state index contributed by atoms with van der Waals surface area (Å²) in [5.41, 5.74) is 2.34. The van der Waals surface area contributed by atoms with E-state index in [1.54, 1.807) is 0 Å². The molecule has 80 valence electrons. The molecule has 1 aromatic carbocycles. The lowest BCUT2D eigenvalue weighted by molar-refractivity contribution is 0.830. The Morgan fingerprint density at radius 3 is 2.80 bits per heavy atom. The summed E-state index contributed by atoms with van der Waals surface area (Å²) in [6.45, 7) is 5.54. The maximum absolute atomic E-state index is 8.67. The van der Waals surface area contributed by atoms with Crippen molar-refractivity contribution in [2.75, 3.05) is 18.0 Å². The molecule has 1 unspecified atom stereocenters. The van der Waals surface area contributed by atoms with Gasteiger partial charge in [-0.15, -0.1) is 11.6 Å². The van der Waals surface area contributed by atoms with E-state index in [1.807, 2.05) is 18.2 Å². The predicted octanol–water partition coefficient (Wildman–Crippen LogP) is 2.95. The molecule has 3 heteroatoms. The van der Waals surface area contributed by atoms with E-state index in [1.165, 1.54) is 5.56 Å². The number of nitriles is 1. The van der Waals surface area contributed by atoms with Crippen molar-refractivity contribution in [2.24, 2.45) is 0 Å². The Morgan fingerprint density at radius 2 is 2.27 bits per heavy atom. The largest absolute Gasteiger partial charge is 0.369 e. The Kier molecular flexibility index (Phi) is 4.45. The fraction of sp³-hybridized carbons (Fsp3) is 0.417. The maximum Gasteiger partial charge on any atom is 0.137 e. The minimum atomic E-state index is -0.453. The Balaban J connectivity index is 2.79. The second-order valence-electron chi connectivity index (χ2n) is 3.47. The van der Waals surface area contributed by atoms with Gasteiger partial charge in [-0.1, -0.05) is 12.1 Å². The van der Waals surface area contributed by atoms with Gasteiger partial charge in [0.05, 0.1) is 6.07 Å². The highest BCUT2D eigenvalue weighted by molar-refractivity contribution is 6.22. The van der Waals surface area contributed by atoms with Crippen LogP contribution < -0.4 is 4.90 Å². The number of hydrogen-bond donors (Lipinski definition) is 0. The maximum atomic E-state index is 8.67. The third kappa shape index (κ3) is 3.45. The molecule has 0 radical (unpaired) electrons. The lowest BCUT2D eigenvalue weighted by atomic mass is 10.2. The normalized spacial score (nSPS) is 11.9. The average molecular weight is 223 g/mol. The van der Waals surface area contributed by atoms with Gasteiger partial charge in [0, 0.05) is 18.8 Å². The second kappa shape index (κ2) is 5.63. The molecule has 0 bridgehead atoms. The summed E-state index contributed by atoms with van der Waals surface area (Å²) in [4.78, 5) is 2.11. The number of hydrogen-bond acceptors (Lipinski definition) is 2. The first-order valence-corrected chi connectivity index (χ1v) is 5.46. The van der Waals surface area contributed by atoms with E-state index in [0.717, 1.165) is 12.2 Å². The van der Waals surface area contributed by atoms with Gasteiger partial charge in [0.1, 0.15) is 5.38 Å². The standard InChI is InChI=1S/C12H15ClN2/c1-3-15(9-11(13)8-14)12-6-4-5-10(2)7-12/h4-7,11H,3,9H2,1-2H3. The topological polar surface area (TPSA) is 27.0 Å². The van der Waals surface area contributed by atoms with Crippen molar-refractivity contribution in [1.82, 2.24) is 0 Å². The van der Waals surface area contributed by atoms with Crippen molar-refractivity contribution in [1.29, 1.82) is 5.26 Å². The molecule has 1 rings (SSSR count). The predicted molar refractivity (Wildman–Crippen MR) is 64.3 cm³/mol. The zero-order chi connectivity index (χ0) is 11.3. The number of anilines is 1. The molecule has 1 atom stereocenters. The van der Waals surface area contributed by atoms with Crippen LogP contribution in [-0.4, -0.2) is 18.5 Å². The summed E-state index contributed by atoms with van der Waals surface area (Å²) in [5.74, 6) is 0. The zero-order valence-corrected chi connectivity index (χ0v) is 9.83. The smallest absolute Gasteiger partial charge is 0.137 e. The van der Waals surface area contributed by atoms with E-state index in [4.69, 9.17) is 16.9 Å². The Bertz CT molecular complexity index is 357. The number of benzene rings is 1. The number of rotatable bonds is 4. The lowest BCUT2D eigenvalue weighted by Gasteiger charge is -2.23. The van der Waals surface area contributed by atoms with Crippen LogP contribution in [0.1, 0.15) is 12.5 Å². The van der Waals surface area contributed by atoms with Crippen LogP contribution in [0.25, 0.3) is 0 Å². The molecular weight excluding hydrogens is 208 g/mol. The summed E-state index contributed by atoms with van der Waals surface area (Å²) < 4.78 is 0. The van der Waals surface area contributed by atoms with Crippen LogP contribution in [0.4, 0.5) is 5.69 Å². The van der Waals surface area contributed by atoms with Crippen LogP contribution >= 0.6 is 11.6 Å².